The molecule has 17 heavy (non-hydrogen) atoms. The number of aromatic nitrogens is 2. The molecular weight excluding hydrogens is 214 g/mol. The average molecular weight is 237 g/mol. The van der Waals surface area contributed by atoms with Gasteiger partial charge in [-0.1, -0.05) is 0 Å². The van der Waals surface area contributed by atoms with E-state index < -0.39 is 0 Å². The molecule has 0 bridgehead atoms. The predicted molar refractivity (Wildman–Crippen MR) is 68.1 cm³/mol. The zero-order chi connectivity index (χ0) is 12.3. The van der Waals surface area contributed by atoms with Gasteiger partial charge in [0, 0.05) is 18.8 Å². The molecule has 0 radical (unpaired) electrons. The van der Waals surface area contributed by atoms with Gasteiger partial charge in [0.25, 0.3) is 0 Å². The topological polar surface area (TPSA) is 53.1 Å². The van der Waals surface area contributed by atoms with Gasteiger partial charge >= 0.3 is 0 Å². The monoisotopic (exact) mass is 237 g/mol. The number of nitrogens with two attached hydrogens (primary N) is 1. The third-order valence-electron chi connectivity index (χ3n) is 3.47. The number of hydrogen-bond acceptors (Lipinski definition) is 3. The van der Waals surface area contributed by atoms with Gasteiger partial charge in [-0.25, -0.2) is 4.98 Å². The Hall–Kier alpha value is -0.870. The SMILES string of the molecule is CCOC(CN)Cn1c(C)nc2c1CCCC2. The lowest BCUT2D eigenvalue weighted by Crippen LogP contribution is -2.30. The fourth-order valence-electron chi connectivity index (χ4n) is 2.61. The molecule has 0 amide bonds. The summed E-state index contributed by atoms with van der Waals surface area (Å²) in [5, 5.41) is 0. The van der Waals surface area contributed by atoms with Crippen molar-refractivity contribution in [2.75, 3.05) is 13.2 Å². The summed E-state index contributed by atoms with van der Waals surface area (Å²) in [6.07, 6.45) is 4.94. The first kappa shape index (κ1) is 12.6. The summed E-state index contributed by atoms with van der Waals surface area (Å²) in [4.78, 5) is 4.67. The highest BCUT2D eigenvalue weighted by molar-refractivity contribution is 5.20. The van der Waals surface area contributed by atoms with E-state index in [1.54, 1.807) is 0 Å². The lowest BCUT2D eigenvalue weighted by molar-refractivity contribution is 0.0557. The normalized spacial score (nSPS) is 16.9. The van der Waals surface area contributed by atoms with Crippen molar-refractivity contribution < 1.29 is 4.74 Å². The summed E-state index contributed by atoms with van der Waals surface area (Å²) in [6, 6.07) is 0. The number of aryl methyl sites for hydroxylation is 2. The van der Waals surface area contributed by atoms with Crippen LogP contribution in [0.25, 0.3) is 0 Å². The van der Waals surface area contributed by atoms with Crippen LogP contribution in [-0.2, 0) is 24.1 Å². The lowest BCUT2D eigenvalue weighted by atomic mass is 10.0. The van der Waals surface area contributed by atoms with Crippen LogP contribution in [0.5, 0.6) is 0 Å². The molecule has 0 spiro atoms. The Morgan fingerprint density at radius 3 is 2.88 bits per heavy atom. The summed E-state index contributed by atoms with van der Waals surface area (Å²) >= 11 is 0. The highest BCUT2D eigenvalue weighted by Crippen LogP contribution is 2.22. The molecular formula is C13H23N3O. The number of fused-ring (bicyclic) bond motifs is 1. The first-order valence-electron chi connectivity index (χ1n) is 6.62. The highest BCUT2D eigenvalue weighted by atomic mass is 16.5. The van der Waals surface area contributed by atoms with Crippen LogP contribution >= 0.6 is 0 Å². The number of ether oxygens (including phenoxy) is 1. The van der Waals surface area contributed by atoms with Gasteiger partial charge in [0.15, 0.2) is 0 Å². The van der Waals surface area contributed by atoms with E-state index in [9.17, 15) is 0 Å². The van der Waals surface area contributed by atoms with Crippen molar-refractivity contribution in [2.24, 2.45) is 5.73 Å². The van der Waals surface area contributed by atoms with Crippen molar-refractivity contribution in [3.05, 3.63) is 17.2 Å². The molecule has 0 aromatic carbocycles. The highest BCUT2D eigenvalue weighted by Gasteiger charge is 2.19. The molecule has 1 atom stereocenters. The molecule has 4 nitrogen and oxygen atoms in total. The molecule has 96 valence electrons. The molecule has 1 aliphatic carbocycles. The van der Waals surface area contributed by atoms with Crippen LogP contribution in [0.15, 0.2) is 0 Å². The molecule has 1 aromatic heterocycles. The van der Waals surface area contributed by atoms with E-state index >= 15 is 0 Å². The molecule has 0 saturated carbocycles. The Balaban J connectivity index is 2.16. The van der Waals surface area contributed by atoms with E-state index in [4.69, 9.17) is 10.5 Å². The Morgan fingerprint density at radius 2 is 2.18 bits per heavy atom. The van der Waals surface area contributed by atoms with Crippen molar-refractivity contribution in [3.8, 4) is 0 Å². The van der Waals surface area contributed by atoms with Crippen LogP contribution in [-0.4, -0.2) is 28.8 Å². The van der Waals surface area contributed by atoms with Crippen LogP contribution in [0, 0.1) is 6.92 Å². The van der Waals surface area contributed by atoms with Gasteiger partial charge in [0.1, 0.15) is 5.82 Å². The summed E-state index contributed by atoms with van der Waals surface area (Å²) < 4.78 is 7.94. The van der Waals surface area contributed by atoms with Crippen molar-refractivity contribution in [2.45, 2.75) is 52.2 Å². The molecule has 2 N–H and O–H groups in total. The zero-order valence-electron chi connectivity index (χ0n) is 10.9. The largest absolute Gasteiger partial charge is 0.375 e. The standard InChI is InChI=1S/C13H23N3O/c1-3-17-11(8-14)9-16-10(2)15-12-6-4-5-7-13(12)16/h11H,3-9,14H2,1-2H3. The maximum atomic E-state index is 5.74. The van der Waals surface area contributed by atoms with Crippen molar-refractivity contribution in [1.29, 1.82) is 0 Å². The minimum absolute atomic E-state index is 0.110. The minimum atomic E-state index is 0.110. The molecule has 2 rings (SSSR count). The zero-order valence-corrected chi connectivity index (χ0v) is 10.9. The van der Waals surface area contributed by atoms with Gasteiger partial charge in [-0.05, 0) is 39.5 Å². The molecule has 0 fully saturated rings. The maximum Gasteiger partial charge on any atom is 0.106 e. The second-order valence-corrected chi connectivity index (χ2v) is 4.68. The van der Waals surface area contributed by atoms with Gasteiger partial charge in [-0.15, -0.1) is 0 Å². The van der Waals surface area contributed by atoms with Crippen LogP contribution in [0.4, 0.5) is 0 Å². The van der Waals surface area contributed by atoms with Gasteiger partial charge in [0.2, 0.25) is 0 Å². The van der Waals surface area contributed by atoms with Crippen molar-refractivity contribution in [1.82, 2.24) is 9.55 Å². The van der Waals surface area contributed by atoms with Gasteiger partial charge in [-0.2, -0.15) is 0 Å². The van der Waals surface area contributed by atoms with E-state index in [-0.39, 0.29) is 6.10 Å². The number of hydrogen-bond donors (Lipinski definition) is 1. The van der Waals surface area contributed by atoms with E-state index in [1.807, 2.05) is 6.92 Å². The third kappa shape index (κ3) is 2.69. The Kier molecular flexibility index (Phi) is 4.18. The smallest absolute Gasteiger partial charge is 0.106 e. The number of nitrogens with zero attached hydrogens (tertiary/aromatic N) is 2. The van der Waals surface area contributed by atoms with E-state index in [1.165, 1.54) is 24.2 Å². The van der Waals surface area contributed by atoms with Gasteiger partial charge < -0.3 is 15.0 Å². The lowest BCUT2D eigenvalue weighted by Gasteiger charge is -2.20. The predicted octanol–water partition coefficient (Wildman–Crippen LogP) is 1.43. The maximum absolute atomic E-state index is 5.74. The first-order valence-corrected chi connectivity index (χ1v) is 6.62. The van der Waals surface area contributed by atoms with Crippen molar-refractivity contribution in [3.63, 3.8) is 0 Å². The summed E-state index contributed by atoms with van der Waals surface area (Å²) in [6.45, 7) is 6.23. The summed E-state index contributed by atoms with van der Waals surface area (Å²) in [7, 11) is 0. The van der Waals surface area contributed by atoms with Crippen LogP contribution < -0.4 is 5.73 Å². The first-order chi connectivity index (χ1) is 8.26. The van der Waals surface area contributed by atoms with Gasteiger partial charge in [0.05, 0.1) is 18.3 Å². The molecule has 0 aliphatic heterocycles. The van der Waals surface area contributed by atoms with Gasteiger partial charge in [-0.3, -0.25) is 0 Å². The molecule has 4 heteroatoms. The van der Waals surface area contributed by atoms with Crippen molar-refractivity contribution >= 4 is 0 Å². The van der Waals surface area contributed by atoms with E-state index in [2.05, 4.69) is 16.5 Å². The van der Waals surface area contributed by atoms with Crippen LogP contribution in [0.2, 0.25) is 0 Å². The second-order valence-electron chi connectivity index (χ2n) is 4.68. The Bertz CT molecular complexity index is 373. The van der Waals surface area contributed by atoms with Crippen LogP contribution in [0.1, 0.15) is 37.0 Å². The third-order valence-corrected chi connectivity index (χ3v) is 3.47. The summed E-state index contributed by atoms with van der Waals surface area (Å²) in [5.74, 6) is 1.11. The molecule has 1 aliphatic rings. The molecule has 0 saturated heterocycles. The Labute approximate surface area is 103 Å². The minimum Gasteiger partial charge on any atom is -0.375 e. The van der Waals surface area contributed by atoms with E-state index in [0.717, 1.165) is 31.8 Å². The average Bonchev–Trinajstić information content (AvgIpc) is 2.65. The number of imidazole rings is 1. The number of rotatable bonds is 5. The quantitative estimate of drug-likeness (QED) is 0.843. The second kappa shape index (κ2) is 5.65. The summed E-state index contributed by atoms with van der Waals surface area (Å²) in [5.41, 5.74) is 8.44. The fraction of sp³-hybridized carbons (Fsp3) is 0.769. The molecule has 1 unspecified atom stereocenters. The van der Waals surface area contributed by atoms with Crippen LogP contribution in [0.3, 0.4) is 0 Å². The molecule has 1 aromatic rings. The fourth-order valence-corrected chi connectivity index (χ4v) is 2.61. The Morgan fingerprint density at radius 1 is 1.41 bits per heavy atom. The molecule has 1 heterocycles. The van der Waals surface area contributed by atoms with E-state index in [0.29, 0.717) is 6.54 Å².